The van der Waals surface area contributed by atoms with Gasteiger partial charge in [0.25, 0.3) is 0 Å². The summed E-state index contributed by atoms with van der Waals surface area (Å²) in [6.07, 6.45) is 2.59. The van der Waals surface area contributed by atoms with Gasteiger partial charge < -0.3 is 10.2 Å². The Labute approximate surface area is 148 Å². The number of para-hydroxylation sites is 1. The van der Waals surface area contributed by atoms with Crippen LogP contribution < -0.4 is 5.32 Å². The van der Waals surface area contributed by atoms with Crippen molar-refractivity contribution in [2.24, 2.45) is 5.92 Å². The van der Waals surface area contributed by atoms with Gasteiger partial charge in [-0.05, 0) is 55.6 Å². The Morgan fingerprint density at radius 2 is 1.83 bits per heavy atom. The number of nitrogens with one attached hydrogen (secondary N) is 1. The van der Waals surface area contributed by atoms with E-state index in [-0.39, 0.29) is 0 Å². The van der Waals surface area contributed by atoms with Crippen molar-refractivity contribution in [2.45, 2.75) is 32.4 Å². The fourth-order valence-corrected chi connectivity index (χ4v) is 3.29. The first-order chi connectivity index (χ1) is 11.1. The Morgan fingerprint density at radius 3 is 2.48 bits per heavy atom. The zero-order valence-electron chi connectivity index (χ0n) is 13.2. The second kappa shape index (κ2) is 7.33. The van der Waals surface area contributed by atoms with Gasteiger partial charge in [0.2, 0.25) is 0 Å². The van der Waals surface area contributed by atoms with Gasteiger partial charge in [0.15, 0.2) is 5.11 Å². The van der Waals surface area contributed by atoms with Crippen LogP contribution in [0.4, 0.5) is 5.69 Å². The number of halogens is 1. The maximum Gasteiger partial charge on any atom is 0.174 e. The van der Waals surface area contributed by atoms with E-state index in [0.717, 1.165) is 23.3 Å². The Bertz CT molecular complexity index is 670. The lowest BCUT2D eigenvalue weighted by atomic mass is 10.1. The van der Waals surface area contributed by atoms with Crippen molar-refractivity contribution in [3.05, 3.63) is 65.2 Å². The Hall–Kier alpha value is -1.58. The Kier molecular flexibility index (Phi) is 5.19. The maximum absolute atomic E-state index is 6.25. The van der Waals surface area contributed by atoms with E-state index < -0.39 is 0 Å². The van der Waals surface area contributed by atoms with E-state index in [2.05, 4.69) is 41.4 Å². The van der Waals surface area contributed by atoms with E-state index in [0.29, 0.717) is 11.1 Å². The van der Waals surface area contributed by atoms with Gasteiger partial charge in [-0.1, -0.05) is 54.1 Å². The summed E-state index contributed by atoms with van der Waals surface area (Å²) in [6, 6.07) is 18.6. The molecular weight excluding hydrogens is 324 g/mol. The molecule has 2 nitrogen and oxygen atoms in total. The zero-order valence-corrected chi connectivity index (χ0v) is 14.8. The monoisotopic (exact) mass is 344 g/mol. The molecule has 23 heavy (non-hydrogen) atoms. The van der Waals surface area contributed by atoms with Gasteiger partial charge in [-0.25, -0.2) is 0 Å². The molecule has 4 heteroatoms. The van der Waals surface area contributed by atoms with E-state index >= 15 is 0 Å². The fraction of sp³-hybridized carbons (Fsp3) is 0.316. The first-order valence-electron chi connectivity index (χ1n) is 8.01. The van der Waals surface area contributed by atoms with Crippen LogP contribution in [-0.4, -0.2) is 16.1 Å². The van der Waals surface area contributed by atoms with Crippen LogP contribution >= 0.6 is 23.8 Å². The molecule has 0 unspecified atom stereocenters. The highest BCUT2D eigenvalue weighted by Gasteiger charge is 2.33. The van der Waals surface area contributed by atoms with Crippen LogP contribution in [0.2, 0.25) is 5.02 Å². The van der Waals surface area contributed by atoms with E-state index in [1.54, 1.807) is 0 Å². The van der Waals surface area contributed by atoms with Crippen molar-refractivity contribution in [1.82, 2.24) is 4.90 Å². The van der Waals surface area contributed by atoms with Gasteiger partial charge in [0, 0.05) is 12.6 Å². The summed E-state index contributed by atoms with van der Waals surface area (Å²) in [6.45, 7) is 3.08. The van der Waals surface area contributed by atoms with Crippen LogP contribution in [0.15, 0.2) is 54.6 Å². The van der Waals surface area contributed by atoms with Gasteiger partial charge in [-0.15, -0.1) is 0 Å². The molecule has 0 heterocycles. The molecule has 120 valence electrons. The van der Waals surface area contributed by atoms with E-state index in [1.165, 1.54) is 18.4 Å². The SMILES string of the molecule is C[C@@H](C1CC1)N(Cc1ccccc1)C(=S)Nc1ccccc1Cl. The molecule has 0 saturated heterocycles. The fourth-order valence-electron chi connectivity index (χ4n) is 2.76. The van der Waals surface area contributed by atoms with Crippen molar-refractivity contribution < 1.29 is 0 Å². The Morgan fingerprint density at radius 1 is 1.17 bits per heavy atom. The van der Waals surface area contributed by atoms with Crippen molar-refractivity contribution in [3.63, 3.8) is 0 Å². The molecule has 3 rings (SSSR count). The van der Waals surface area contributed by atoms with Gasteiger partial charge in [-0.3, -0.25) is 0 Å². The summed E-state index contributed by atoms with van der Waals surface area (Å²) < 4.78 is 0. The summed E-state index contributed by atoms with van der Waals surface area (Å²) in [5.41, 5.74) is 2.13. The predicted molar refractivity (Wildman–Crippen MR) is 102 cm³/mol. The maximum atomic E-state index is 6.25. The minimum absolute atomic E-state index is 0.428. The van der Waals surface area contributed by atoms with Crippen LogP contribution in [0.1, 0.15) is 25.3 Å². The summed E-state index contributed by atoms with van der Waals surface area (Å²) in [4.78, 5) is 2.28. The molecule has 1 N–H and O–H groups in total. The molecule has 0 radical (unpaired) electrons. The lowest BCUT2D eigenvalue weighted by Gasteiger charge is -2.32. The van der Waals surface area contributed by atoms with E-state index in [1.807, 2.05) is 30.3 Å². The van der Waals surface area contributed by atoms with Crippen molar-refractivity contribution >= 4 is 34.6 Å². The molecule has 1 atom stereocenters. The number of thiocarbonyl (C=S) groups is 1. The number of benzene rings is 2. The summed E-state index contributed by atoms with van der Waals surface area (Å²) in [5.74, 6) is 0.740. The number of anilines is 1. The average Bonchev–Trinajstić information content (AvgIpc) is 3.40. The van der Waals surface area contributed by atoms with Crippen LogP contribution in [-0.2, 0) is 6.54 Å². The number of hydrogen-bond acceptors (Lipinski definition) is 1. The number of nitrogens with zero attached hydrogens (tertiary/aromatic N) is 1. The second-order valence-electron chi connectivity index (χ2n) is 6.10. The molecular formula is C19H21ClN2S. The molecule has 0 spiro atoms. The molecule has 0 aliphatic heterocycles. The summed E-state index contributed by atoms with van der Waals surface area (Å²) in [7, 11) is 0. The highest BCUT2D eigenvalue weighted by atomic mass is 35.5. The molecule has 1 fully saturated rings. The lowest BCUT2D eigenvalue weighted by Crippen LogP contribution is -2.41. The van der Waals surface area contributed by atoms with Gasteiger partial charge in [-0.2, -0.15) is 0 Å². The van der Waals surface area contributed by atoms with E-state index in [9.17, 15) is 0 Å². The molecule has 1 saturated carbocycles. The van der Waals surface area contributed by atoms with Crippen molar-refractivity contribution in [1.29, 1.82) is 0 Å². The van der Waals surface area contributed by atoms with Crippen LogP contribution in [0.3, 0.4) is 0 Å². The molecule has 0 bridgehead atoms. The minimum Gasteiger partial charge on any atom is -0.342 e. The highest BCUT2D eigenvalue weighted by Crippen LogP contribution is 2.36. The first-order valence-corrected chi connectivity index (χ1v) is 8.80. The quantitative estimate of drug-likeness (QED) is 0.737. The molecule has 1 aliphatic rings. The minimum atomic E-state index is 0.428. The van der Waals surface area contributed by atoms with Gasteiger partial charge in [0.05, 0.1) is 10.7 Å². The summed E-state index contributed by atoms with van der Waals surface area (Å²) in [5, 5.41) is 4.75. The molecule has 2 aromatic carbocycles. The predicted octanol–water partition coefficient (Wildman–Crippen LogP) is 5.34. The van der Waals surface area contributed by atoms with Crippen LogP contribution in [0.5, 0.6) is 0 Å². The highest BCUT2D eigenvalue weighted by molar-refractivity contribution is 7.80. The average molecular weight is 345 g/mol. The molecule has 0 amide bonds. The summed E-state index contributed by atoms with van der Waals surface area (Å²) >= 11 is 11.9. The van der Waals surface area contributed by atoms with Crippen LogP contribution in [0, 0.1) is 5.92 Å². The number of rotatable bonds is 5. The van der Waals surface area contributed by atoms with Gasteiger partial charge in [0.1, 0.15) is 0 Å². The molecule has 2 aromatic rings. The van der Waals surface area contributed by atoms with Crippen molar-refractivity contribution in [3.8, 4) is 0 Å². The normalized spacial score (nSPS) is 15.0. The van der Waals surface area contributed by atoms with E-state index in [4.69, 9.17) is 23.8 Å². The second-order valence-corrected chi connectivity index (χ2v) is 6.90. The molecule has 0 aromatic heterocycles. The first kappa shape index (κ1) is 16.3. The third kappa shape index (κ3) is 4.24. The topological polar surface area (TPSA) is 15.3 Å². The van der Waals surface area contributed by atoms with Crippen molar-refractivity contribution in [2.75, 3.05) is 5.32 Å². The third-order valence-corrected chi connectivity index (χ3v) is 5.03. The third-order valence-electron chi connectivity index (χ3n) is 4.37. The lowest BCUT2D eigenvalue weighted by molar-refractivity contribution is 0.298. The van der Waals surface area contributed by atoms with Gasteiger partial charge >= 0.3 is 0 Å². The zero-order chi connectivity index (χ0) is 16.2. The smallest absolute Gasteiger partial charge is 0.174 e. The largest absolute Gasteiger partial charge is 0.342 e. The molecule has 1 aliphatic carbocycles. The standard InChI is InChI=1S/C19H21ClN2S/c1-14(16-11-12-16)22(13-15-7-3-2-4-8-15)19(23)21-18-10-6-5-9-17(18)20/h2-10,14,16H,11-13H2,1H3,(H,21,23)/t14-/m0/s1. The van der Waals surface area contributed by atoms with Crippen LogP contribution in [0.25, 0.3) is 0 Å². The Balaban J connectivity index is 1.77. The number of hydrogen-bond donors (Lipinski definition) is 1.